The summed E-state index contributed by atoms with van der Waals surface area (Å²) in [5.41, 5.74) is 1.95. The number of thiazole rings is 1. The Kier molecular flexibility index (Phi) is 5.55. The number of aromatic nitrogens is 1. The maximum atomic E-state index is 13.2. The number of hydrogen-bond acceptors (Lipinski definition) is 4. The summed E-state index contributed by atoms with van der Waals surface area (Å²) in [5, 5.41) is 4.15. The fourth-order valence-corrected chi connectivity index (χ4v) is 5.23. The Bertz CT molecular complexity index is 796. The first kappa shape index (κ1) is 18.6. The van der Waals surface area contributed by atoms with Gasteiger partial charge in [0.2, 0.25) is 5.91 Å². The second kappa shape index (κ2) is 8.07. The van der Waals surface area contributed by atoms with E-state index in [-0.39, 0.29) is 17.8 Å². The second-order valence-electron chi connectivity index (χ2n) is 7.80. The minimum atomic E-state index is -0.237. The normalized spacial score (nSPS) is 21.0. The van der Waals surface area contributed by atoms with Crippen molar-refractivity contribution in [3.63, 3.8) is 0 Å². The molecule has 1 aromatic carbocycles. The molecule has 0 saturated carbocycles. The number of nitrogens with zero attached hydrogens (tertiary/aromatic N) is 2. The number of aryl methyl sites for hydroxylation is 1. The van der Waals surface area contributed by atoms with Gasteiger partial charge >= 0.3 is 0 Å². The highest BCUT2D eigenvalue weighted by molar-refractivity contribution is 7.15. The molecule has 27 heavy (non-hydrogen) atoms. The molecule has 1 saturated heterocycles. The molecular formula is C21H26FN3OS. The molecule has 144 valence electrons. The van der Waals surface area contributed by atoms with Crippen molar-refractivity contribution >= 4 is 17.2 Å². The Morgan fingerprint density at radius 1 is 1.26 bits per heavy atom. The van der Waals surface area contributed by atoms with Crippen molar-refractivity contribution in [2.45, 2.75) is 44.6 Å². The number of carbonyl (C=O) groups excluding carboxylic acids is 1. The topological polar surface area (TPSA) is 45.2 Å². The van der Waals surface area contributed by atoms with Crippen molar-refractivity contribution in [3.8, 4) is 10.6 Å². The Labute approximate surface area is 163 Å². The van der Waals surface area contributed by atoms with Crippen molar-refractivity contribution in [1.29, 1.82) is 0 Å². The highest BCUT2D eigenvalue weighted by Crippen LogP contribution is 2.37. The molecule has 1 aliphatic heterocycles. The Morgan fingerprint density at radius 2 is 2.00 bits per heavy atom. The number of halogens is 1. The maximum absolute atomic E-state index is 13.2. The maximum Gasteiger partial charge on any atom is 0.220 e. The van der Waals surface area contributed by atoms with Crippen molar-refractivity contribution in [2.24, 2.45) is 5.92 Å². The van der Waals surface area contributed by atoms with Gasteiger partial charge in [-0.05, 0) is 82.4 Å². The first-order valence-corrected chi connectivity index (χ1v) is 10.6. The average molecular weight is 388 g/mol. The van der Waals surface area contributed by atoms with Crippen molar-refractivity contribution in [3.05, 3.63) is 40.7 Å². The quantitative estimate of drug-likeness (QED) is 0.856. The van der Waals surface area contributed by atoms with Gasteiger partial charge in [0.1, 0.15) is 10.8 Å². The van der Waals surface area contributed by atoms with Gasteiger partial charge in [0, 0.05) is 16.9 Å². The predicted molar refractivity (Wildman–Crippen MR) is 106 cm³/mol. The number of likely N-dealkylation sites (tertiary alicyclic amines) is 1. The third kappa shape index (κ3) is 4.38. The second-order valence-corrected chi connectivity index (χ2v) is 8.88. The van der Waals surface area contributed by atoms with Gasteiger partial charge in [0.05, 0.1) is 11.7 Å². The standard InChI is InChI=1S/C21H26FN3OS/c1-25-11-9-14(10-12-25)13-19(26)23-17-3-2-4-18-20(17)24-21(27-18)15-5-7-16(22)8-6-15/h5-8,14,17H,2-4,9-13H2,1H3,(H,23,26). The number of benzene rings is 1. The van der Waals surface area contributed by atoms with Gasteiger partial charge in [-0.25, -0.2) is 9.37 Å². The molecule has 1 fully saturated rings. The molecule has 1 atom stereocenters. The van der Waals surface area contributed by atoms with Crippen LogP contribution in [0.1, 0.15) is 48.7 Å². The van der Waals surface area contributed by atoms with Crippen LogP contribution in [0.15, 0.2) is 24.3 Å². The molecule has 2 aliphatic rings. The molecule has 2 aromatic rings. The first-order valence-electron chi connectivity index (χ1n) is 9.82. The Hall–Kier alpha value is -1.79. The number of amides is 1. The highest BCUT2D eigenvalue weighted by atomic mass is 32.1. The zero-order valence-electron chi connectivity index (χ0n) is 15.7. The van der Waals surface area contributed by atoms with Gasteiger partial charge in [0.25, 0.3) is 0 Å². The van der Waals surface area contributed by atoms with Crippen LogP contribution in [0, 0.1) is 11.7 Å². The van der Waals surface area contributed by atoms with Crippen LogP contribution in [-0.2, 0) is 11.2 Å². The van der Waals surface area contributed by atoms with Crippen molar-refractivity contribution in [2.75, 3.05) is 20.1 Å². The number of carbonyl (C=O) groups is 1. The number of fused-ring (bicyclic) bond motifs is 1. The molecular weight excluding hydrogens is 361 g/mol. The number of hydrogen-bond donors (Lipinski definition) is 1. The van der Waals surface area contributed by atoms with E-state index in [1.807, 2.05) is 0 Å². The van der Waals surface area contributed by atoms with Crippen molar-refractivity contribution in [1.82, 2.24) is 15.2 Å². The molecule has 4 rings (SSSR count). The van der Waals surface area contributed by atoms with Crippen LogP contribution in [-0.4, -0.2) is 35.9 Å². The smallest absolute Gasteiger partial charge is 0.220 e. The molecule has 0 radical (unpaired) electrons. The van der Waals surface area contributed by atoms with Gasteiger partial charge in [-0.2, -0.15) is 0 Å². The van der Waals surface area contributed by atoms with E-state index < -0.39 is 0 Å². The van der Waals surface area contributed by atoms with Gasteiger partial charge in [-0.1, -0.05) is 0 Å². The summed E-state index contributed by atoms with van der Waals surface area (Å²) in [6, 6.07) is 6.49. The van der Waals surface area contributed by atoms with E-state index >= 15 is 0 Å². The summed E-state index contributed by atoms with van der Waals surface area (Å²) in [6.07, 6.45) is 5.84. The van der Waals surface area contributed by atoms with E-state index in [1.54, 1.807) is 23.5 Å². The molecule has 1 aliphatic carbocycles. The van der Waals surface area contributed by atoms with Crippen LogP contribution in [0.25, 0.3) is 10.6 Å². The van der Waals surface area contributed by atoms with E-state index in [1.165, 1.54) is 17.0 Å². The van der Waals surface area contributed by atoms with E-state index in [2.05, 4.69) is 17.3 Å². The number of rotatable bonds is 4. The SMILES string of the molecule is CN1CCC(CC(=O)NC2CCCc3sc(-c4ccc(F)cc4)nc32)CC1. The van der Waals surface area contributed by atoms with Crippen LogP contribution in [0.4, 0.5) is 4.39 Å². The Balaban J connectivity index is 1.43. The molecule has 0 spiro atoms. The summed E-state index contributed by atoms with van der Waals surface area (Å²) in [7, 11) is 2.14. The van der Waals surface area contributed by atoms with E-state index in [9.17, 15) is 9.18 Å². The summed E-state index contributed by atoms with van der Waals surface area (Å²) >= 11 is 1.67. The van der Waals surface area contributed by atoms with Gasteiger partial charge in [0.15, 0.2) is 0 Å². The van der Waals surface area contributed by atoms with E-state index in [0.29, 0.717) is 12.3 Å². The lowest BCUT2D eigenvalue weighted by Gasteiger charge is -2.29. The van der Waals surface area contributed by atoms with Crippen molar-refractivity contribution < 1.29 is 9.18 Å². The van der Waals surface area contributed by atoms with Crippen LogP contribution in [0.2, 0.25) is 0 Å². The molecule has 2 heterocycles. The van der Waals surface area contributed by atoms with Gasteiger partial charge < -0.3 is 10.2 Å². The summed E-state index contributed by atoms with van der Waals surface area (Å²) in [6.45, 7) is 2.16. The third-order valence-electron chi connectivity index (χ3n) is 5.69. The van der Waals surface area contributed by atoms with Crippen LogP contribution < -0.4 is 5.32 Å². The van der Waals surface area contributed by atoms with E-state index in [0.717, 1.165) is 61.5 Å². The molecule has 6 heteroatoms. The zero-order valence-corrected chi connectivity index (χ0v) is 16.5. The molecule has 1 unspecified atom stereocenters. The highest BCUT2D eigenvalue weighted by Gasteiger charge is 2.27. The molecule has 4 nitrogen and oxygen atoms in total. The summed E-state index contributed by atoms with van der Waals surface area (Å²) in [4.78, 5) is 21.0. The van der Waals surface area contributed by atoms with Gasteiger partial charge in [-0.3, -0.25) is 4.79 Å². The predicted octanol–water partition coefficient (Wildman–Crippen LogP) is 4.17. The first-order chi connectivity index (χ1) is 13.1. The average Bonchev–Trinajstić information content (AvgIpc) is 3.09. The number of nitrogens with one attached hydrogen (secondary N) is 1. The molecule has 1 amide bonds. The molecule has 1 N–H and O–H groups in total. The minimum Gasteiger partial charge on any atom is -0.348 e. The van der Waals surface area contributed by atoms with Crippen LogP contribution >= 0.6 is 11.3 Å². The summed E-state index contributed by atoms with van der Waals surface area (Å²) in [5.74, 6) is 0.410. The lowest BCUT2D eigenvalue weighted by molar-refractivity contribution is -0.123. The Morgan fingerprint density at radius 3 is 2.74 bits per heavy atom. The zero-order chi connectivity index (χ0) is 18.8. The minimum absolute atomic E-state index is 0.0120. The monoisotopic (exact) mass is 387 g/mol. The molecule has 0 bridgehead atoms. The molecule has 1 aromatic heterocycles. The lowest BCUT2D eigenvalue weighted by atomic mass is 9.92. The largest absolute Gasteiger partial charge is 0.348 e. The van der Waals surface area contributed by atoms with Gasteiger partial charge in [-0.15, -0.1) is 11.3 Å². The van der Waals surface area contributed by atoms with E-state index in [4.69, 9.17) is 4.98 Å². The number of piperidine rings is 1. The van der Waals surface area contributed by atoms with Crippen LogP contribution in [0.3, 0.4) is 0 Å². The fraction of sp³-hybridized carbons (Fsp3) is 0.524. The third-order valence-corrected chi connectivity index (χ3v) is 6.87. The fourth-order valence-electron chi connectivity index (χ4n) is 4.06. The lowest BCUT2D eigenvalue weighted by Crippen LogP contribution is -2.35. The van der Waals surface area contributed by atoms with Crippen LogP contribution in [0.5, 0.6) is 0 Å². The summed E-state index contributed by atoms with van der Waals surface area (Å²) < 4.78 is 13.2.